The van der Waals surface area contributed by atoms with E-state index in [0.717, 1.165) is 4.47 Å². The molecule has 0 fully saturated rings. The fourth-order valence-electron chi connectivity index (χ4n) is 0.431. The summed E-state index contributed by atoms with van der Waals surface area (Å²) in [6, 6.07) is 3.43. The van der Waals surface area contributed by atoms with Gasteiger partial charge in [0.05, 0.1) is 4.47 Å². The average Bonchev–Trinajstić information content (AvgIpc) is 1.80. The van der Waals surface area contributed by atoms with Crippen LogP contribution < -0.4 is 5.73 Å². The minimum Gasteiger partial charge on any atom is -0.384 e. The molecule has 0 saturated carbocycles. The van der Waals surface area contributed by atoms with Gasteiger partial charge in [-0.05, 0) is 28.1 Å². The molecule has 0 amide bonds. The molecule has 0 atom stereocenters. The lowest BCUT2D eigenvalue weighted by Crippen LogP contribution is -1.88. The van der Waals surface area contributed by atoms with Gasteiger partial charge in [-0.15, -0.1) is 0 Å². The van der Waals surface area contributed by atoms with Gasteiger partial charge >= 0.3 is 0 Å². The van der Waals surface area contributed by atoms with Gasteiger partial charge in [0.2, 0.25) is 0 Å². The van der Waals surface area contributed by atoms with E-state index in [2.05, 4.69) is 20.9 Å². The smallest absolute Gasteiger partial charge is 0.145 e. The van der Waals surface area contributed by atoms with Crippen molar-refractivity contribution in [2.24, 2.45) is 0 Å². The van der Waals surface area contributed by atoms with Crippen LogP contribution in [0, 0.1) is 0 Å². The maximum absolute atomic E-state index is 5.58. The van der Waals surface area contributed by atoms with Crippen LogP contribution in [0.2, 0.25) is 5.15 Å². The number of rotatable bonds is 0. The van der Waals surface area contributed by atoms with E-state index in [4.69, 9.17) is 17.3 Å². The van der Waals surface area contributed by atoms with E-state index in [9.17, 15) is 0 Å². The predicted molar refractivity (Wildman–Crippen MR) is 41.4 cm³/mol. The average molecular weight is 207 g/mol. The molecule has 48 valence electrons. The third kappa shape index (κ3) is 1.56. The summed E-state index contributed by atoms with van der Waals surface area (Å²) in [7, 11) is 0. The summed E-state index contributed by atoms with van der Waals surface area (Å²) in [5.74, 6) is 0.434. The highest BCUT2D eigenvalue weighted by molar-refractivity contribution is 9.10. The topological polar surface area (TPSA) is 38.9 Å². The Morgan fingerprint density at radius 3 is 2.67 bits per heavy atom. The number of halogens is 2. The summed E-state index contributed by atoms with van der Waals surface area (Å²) < 4.78 is 0.762. The Morgan fingerprint density at radius 2 is 2.22 bits per heavy atom. The molecule has 0 unspecified atom stereocenters. The molecule has 4 heteroatoms. The van der Waals surface area contributed by atoms with Gasteiger partial charge in [-0.2, -0.15) is 0 Å². The van der Waals surface area contributed by atoms with Gasteiger partial charge in [0.1, 0.15) is 11.0 Å². The molecule has 1 rings (SSSR count). The molecule has 2 N–H and O–H groups in total. The second-order valence-electron chi connectivity index (χ2n) is 1.51. The third-order valence-corrected chi connectivity index (χ3v) is 1.98. The SMILES string of the molecule is Nc1ccc(Br)c(Cl)n1. The van der Waals surface area contributed by atoms with Crippen LogP contribution in [0.1, 0.15) is 0 Å². The van der Waals surface area contributed by atoms with Crippen molar-refractivity contribution >= 4 is 33.3 Å². The van der Waals surface area contributed by atoms with Crippen molar-refractivity contribution in [3.05, 3.63) is 21.8 Å². The van der Waals surface area contributed by atoms with Crippen LogP contribution in [0.25, 0.3) is 0 Å². The second-order valence-corrected chi connectivity index (χ2v) is 2.72. The molecule has 0 radical (unpaired) electrons. The van der Waals surface area contributed by atoms with Crippen molar-refractivity contribution in [3.63, 3.8) is 0 Å². The normalized spacial score (nSPS) is 9.56. The highest BCUT2D eigenvalue weighted by Gasteiger charge is 1.95. The van der Waals surface area contributed by atoms with Gasteiger partial charge in [0, 0.05) is 0 Å². The molecule has 0 spiro atoms. The molecule has 1 heterocycles. The number of nitrogens with two attached hydrogens (primary N) is 1. The van der Waals surface area contributed by atoms with Crippen LogP contribution in [-0.2, 0) is 0 Å². The summed E-state index contributed by atoms with van der Waals surface area (Å²) in [5.41, 5.74) is 5.31. The van der Waals surface area contributed by atoms with E-state index in [1.807, 2.05) is 0 Å². The van der Waals surface area contributed by atoms with Gasteiger partial charge in [0.25, 0.3) is 0 Å². The first kappa shape index (κ1) is 6.83. The van der Waals surface area contributed by atoms with Crippen LogP contribution in [0.3, 0.4) is 0 Å². The predicted octanol–water partition coefficient (Wildman–Crippen LogP) is 2.08. The van der Waals surface area contributed by atoms with Gasteiger partial charge in [0.15, 0.2) is 0 Å². The van der Waals surface area contributed by atoms with Gasteiger partial charge in [-0.1, -0.05) is 11.6 Å². The van der Waals surface area contributed by atoms with Crippen molar-refractivity contribution in [2.45, 2.75) is 0 Å². The summed E-state index contributed by atoms with van der Waals surface area (Å²) in [4.78, 5) is 3.77. The Hall–Kier alpha value is -0.280. The fourth-order valence-corrected chi connectivity index (χ4v) is 0.813. The van der Waals surface area contributed by atoms with Crippen LogP contribution in [-0.4, -0.2) is 4.98 Å². The zero-order chi connectivity index (χ0) is 6.85. The first-order valence-corrected chi connectivity index (χ1v) is 3.45. The van der Waals surface area contributed by atoms with Crippen molar-refractivity contribution in [3.8, 4) is 0 Å². The molecule has 0 aliphatic rings. The van der Waals surface area contributed by atoms with E-state index in [0.29, 0.717) is 11.0 Å². The van der Waals surface area contributed by atoms with Crippen molar-refractivity contribution in [1.82, 2.24) is 4.98 Å². The standard InChI is InChI=1S/C5H4BrClN2/c6-3-1-2-4(8)9-5(3)7/h1-2H,(H2,8,9). The molecule has 2 nitrogen and oxygen atoms in total. The van der Waals surface area contributed by atoms with Crippen molar-refractivity contribution in [1.29, 1.82) is 0 Å². The first-order chi connectivity index (χ1) is 4.20. The minimum absolute atomic E-state index is 0.398. The molecule has 0 saturated heterocycles. The minimum atomic E-state index is 0.398. The molecular weight excluding hydrogens is 203 g/mol. The third-order valence-electron chi connectivity index (χ3n) is 0.825. The molecule has 1 aromatic rings. The monoisotopic (exact) mass is 206 g/mol. The number of pyridine rings is 1. The van der Waals surface area contributed by atoms with Gasteiger partial charge < -0.3 is 5.73 Å². The number of nitrogen functional groups attached to an aromatic ring is 1. The quantitative estimate of drug-likeness (QED) is 0.662. The van der Waals surface area contributed by atoms with Crippen molar-refractivity contribution < 1.29 is 0 Å². The van der Waals surface area contributed by atoms with E-state index in [1.165, 1.54) is 0 Å². The summed E-state index contributed by atoms with van der Waals surface area (Å²) in [6.07, 6.45) is 0. The highest BCUT2D eigenvalue weighted by atomic mass is 79.9. The van der Waals surface area contributed by atoms with Crippen LogP contribution in [0.5, 0.6) is 0 Å². The molecule has 0 aromatic carbocycles. The molecule has 1 aromatic heterocycles. The highest BCUT2D eigenvalue weighted by Crippen LogP contribution is 2.19. The summed E-state index contributed by atoms with van der Waals surface area (Å²) in [5, 5.41) is 0.398. The number of hydrogen-bond acceptors (Lipinski definition) is 2. The molecular formula is C5H4BrClN2. The molecule has 9 heavy (non-hydrogen) atoms. The zero-order valence-electron chi connectivity index (χ0n) is 4.44. The Labute approximate surface area is 66.2 Å². The second kappa shape index (κ2) is 2.54. The Balaban J connectivity index is 3.17. The zero-order valence-corrected chi connectivity index (χ0v) is 6.78. The van der Waals surface area contributed by atoms with Crippen LogP contribution in [0.15, 0.2) is 16.6 Å². The Kier molecular flexibility index (Phi) is 1.93. The number of anilines is 1. The van der Waals surface area contributed by atoms with Crippen LogP contribution >= 0.6 is 27.5 Å². The van der Waals surface area contributed by atoms with E-state index in [1.54, 1.807) is 12.1 Å². The fraction of sp³-hybridized carbons (Fsp3) is 0. The number of aromatic nitrogens is 1. The maximum Gasteiger partial charge on any atom is 0.145 e. The van der Waals surface area contributed by atoms with Gasteiger partial charge in [-0.3, -0.25) is 0 Å². The van der Waals surface area contributed by atoms with Crippen molar-refractivity contribution in [2.75, 3.05) is 5.73 Å². The Bertz CT molecular complexity index is 226. The lowest BCUT2D eigenvalue weighted by molar-refractivity contribution is 1.32. The molecule has 0 aliphatic carbocycles. The first-order valence-electron chi connectivity index (χ1n) is 2.27. The van der Waals surface area contributed by atoms with E-state index >= 15 is 0 Å². The van der Waals surface area contributed by atoms with E-state index < -0.39 is 0 Å². The van der Waals surface area contributed by atoms with E-state index in [-0.39, 0.29) is 0 Å². The van der Waals surface area contributed by atoms with Gasteiger partial charge in [-0.25, -0.2) is 4.98 Å². The summed E-state index contributed by atoms with van der Waals surface area (Å²) in [6.45, 7) is 0. The number of hydrogen-bond donors (Lipinski definition) is 1. The Morgan fingerprint density at radius 1 is 1.56 bits per heavy atom. The molecule has 0 bridgehead atoms. The maximum atomic E-state index is 5.58. The number of nitrogens with zero attached hydrogens (tertiary/aromatic N) is 1. The summed E-state index contributed by atoms with van der Waals surface area (Å²) >= 11 is 8.76. The lowest BCUT2D eigenvalue weighted by atomic mass is 10.5. The molecule has 0 aliphatic heterocycles. The lowest BCUT2D eigenvalue weighted by Gasteiger charge is -1.93. The van der Waals surface area contributed by atoms with Crippen LogP contribution in [0.4, 0.5) is 5.82 Å². The largest absolute Gasteiger partial charge is 0.384 e.